The first kappa shape index (κ1) is 15.5. The predicted molar refractivity (Wildman–Crippen MR) is 89.6 cm³/mol. The number of ether oxygens (including phenoxy) is 1. The summed E-state index contributed by atoms with van der Waals surface area (Å²) in [6.45, 7) is 5.82. The summed E-state index contributed by atoms with van der Waals surface area (Å²) in [7, 11) is 0. The van der Waals surface area contributed by atoms with Gasteiger partial charge in [-0.1, -0.05) is 26.0 Å². The molecule has 2 nitrogen and oxygen atoms in total. The molecule has 0 fully saturated rings. The topological polar surface area (TPSA) is 21.3 Å². The quantitative estimate of drug-likeness (QED) is 0.783. The van der Waals surface area contributed by atoms with Crippen molar-refractivity contribution in [1.82, 2.24) is 5.32 Å². The molecule has 4 heteroatoms. The second-order valence-corrected chi connectivity index (χ2v) is 6.63. The lowest BCUT2D eigenvalue weighted by Crippen LogP contribution is -2.22. The van der Waals surface area contributed by atoms with Crippen molar-refractivity contribution in [3.05, 3.63) is 50.6 Å². The molecular weight excluding hydrogens is 334 g/mol. The van der Waals surface area contributed by atoms with Crippen molar-refractivity contribution in [2.75, 3.05) is 6.61 Å². The average molecular weight is 354 g/mol. The van der Waals surface area contributed by atoms with Crippen molar-refractivity contribution in [1.29, 1.82) is 0 Å². The third-order valence-corrected chi connectivity index (χ3v) is 4.32. The lowest BCUT2D eigenvalue weighted by molar-refractivity contribution is 0.315. The Kier molecular flexibility index (Phi) is 6.07. The highest BCUT2D eigenvalue weighted by atomic mass is 79.9. The van der Waals surface area contributed by atoms with Crippen LogP contribution in [0.1, 0.15) is 25.0 Å². The molecule has 0 saturated heterocycles. The third-order valence-electron chi connectivity index (χ3n) is 2.97. The molecule has 0 unspecified atom stereocenters. The first-order valence-electron chi connectivity index (χ1n) is 6.81. The van der Waals surface area contributed by atoms with E-state index in [4.69, 9.17) is 4.74 Å². The number of rotatable bonds is 7. The van der Waals surface area contributed by atoms with Crippen LogP contribution in [0.5, 0.6) is 5.75 Å². The molecule has 1 aromatic heterocycles. The van der Waals surface area contributed by atoms with Gasteiger partial charge in [0.25, 0.3) is 0 Å². The smallest absolute Gasteiger partial charge is 0.137 e. The molecule has 108 valence electrons. The highest BCUT2D eigenvalue weighted by Gasteiger charge is 2.08. The number of hydrogen-bond acceptors (Lipinski definition) is 3. The largest absolute Gasteiger partial charge is 0.492 e. The molecule has 2 aromatic rings. The van der Waals surface area contributed by atoms with Crippen LogP contribution in [-0.2, 0) is 13.0 Å². The van der Waals surface area contributed by atoms with Gasteiger partial charge in [0.05, 0.1) is 11.1 Å². The van der Waals surface area contributed by atoms with E-state index in [0.717, 1.165) is 23.2 Å². The summed E-state index contributed by atoms with van der Waals surface area (Å²) >= 11 is 5.31. The lowest BCUT2D eigenvalue weighted by Gasteiger charge is -2.15. The molecule has 1 aromatic carbocycles. The van der Waals surface area contributed by atoms with Gasteiger partial charge in [-0.25, -0.2) is 0 Å². The van der Waals surface area contributed by atoms with Crippen LogP contribution in [-0.4, -0.2) is 12.6 Å². The highest BCUT2D eigenvalue weighted by molar-refractivity contribution is 9.10. The lowest BCUT2D eigenvalue weighted by atomic mass is 10.2. The van der Waals surface area contributed by atoms with E-state index in [1.807, 2.05) is 12.1 Å². The van der Waals surface area contributed by atoms with Gasteiger partial charge in [-0.2, -0.15) is 11.3 Å². The zero-order valence-electron chi connectivity index (χ0n) is 11.9. The summed E-state index contributed by atoms with van der Waals surface area (Å²) in [6.07, 6.45) is 0.946. The van der Waals surface area contributed by atoms with E-state index in [2.05, 4.69) is 58.0 Å². The predicted octanol–water partition coefficient (Wildman–Crippen LogP) is 4.63. The Balaban J connectivity index is 1.97. The fourth-order valence-electron chi connectivity index (χ4n) is 1.87. The van der Waals surface area contributed by atoms with Gasteiger partial charge in [0.15, 0.2) is 0 Å². The summed E-state index contributed by atoms with van der Waals surface area (Å²) < 4.78 is 7.01. The summed E-state index contributed by atoms with van der Waals surface area (Å²) in [6, 6.07) is 8.80. The van der Waals surface area contributed by atoms with Gasteiger partial charge in [0.1, 0.15) is 5.75 Å². The number of para-hydroxylation sites is 1. The maximum absolute atomic E-state index is 5.99. The van der Waals surface area contributed by atoms with Crippen LogP contribution >= 0.6 is 27.3 Å². The Bertz CT molecular complexity index is 525. The molecule has 0 saturated carbocycles. The Morgan fingerprint density at radius 1 is 1.30 bits per heavy atom. The first-order valence-corrected chi connectivity index (χ1v) is 8.55. The van der Waals surface area contributed by atoms with Crippen LogP contribution < -0.4 is 10.1 Å². The highest BCUT2D eigenvalue weighted by Crippen LogP contribution is 2.29. The normalized spacial score (nSPS) is 11.0. The molecule has 2 rings (SSSR count). The molecule has 1 heterocycles. The molecular formula is C16H20BrNOS. The minimum Gasteiger partial charge on any atom is -0.492 e. The summed E-state index contributed by atoms with van der Waals surface area (Å²) in [5.41, 5.74) is 2.53. The van der Waals surface area contributed by atoms with Gasteiger partial charge in [0.2, 0.25) is 0 Å². The van der Waals surface area contributed by atoms with Gasteiger partial charge in [0, 0.05) is 24.6 Å². The molecule has 0 aliphatic heterocycles. The number of nitrogens with one attached hydrogen (secondary N) is 1. The van der Waals surface area contributed by atoms with Crippen LogP contribution in [0, 0.1) is 0 Å². The Labute approximate surface area is 133 Å². The second-order valence-electron chi connectivity index (χ2n) is 4.99. The van der Waals surface area contributed by atoms with Crippen LogP contribution in [0.25, 0.3) is 0 Å². The molecule has 0 bridgehead atoms. The van der Waals surface area contributed by atoms with Gasteiger partial charge in [-0.3, -0.25) is 0 Å². The van der Waals surface area contributed by atoms with Crippen molar-refractivity contribution < 1.29 is 4.74 Å². The van der Waals surface area contributed by atoms with E-state index >= 15 is 0 Å². The number of halogens is 1. The number of hydrogen-bond donors (Lipinski definition) is 1. The maximum Gasteiger partial charge on any atom is 0.137 e. The van der Waals surface area contributed by atoms with Crippen molar-refractivity contribution in [2.24, 2.45) is 0 Å². The fraction of sp³-hybridized carbons (Fsp3) is 0.375. The van der Waals surface area contributed by atoms with Crippen molar-refractivity contribution >= 4 is 27.3 Å². The monoisotopic (exact) mass is 353 g/mol. The van der Waals surface area contributed by atoms with E-state index in [0.29, 0.717) is 12.6 Å². The first-order chi connectivity index (χ1) is 9.66. The van der Waals surface area contributed by atoms with Crippen LogP contribution in [0.2, 0.25) is 0 Å². The molecule has 0 atom stereocenters. The molecule has 0 amide bonds. The van der Waals surface area contributed by atoms with Gasteiger partial charge < -0.3 is 10.1 Å². The third kappa shape index (κ3) is 4.62. The summed E-state index contributed by atoms with van der Waals surface area (Å²) in [5, 5.41) is 7.71. The van der Waals surface area contributed by atoms with Crippen LogP contribution in [0.15, 0.2) is 39.5 Å². The maximum atomic E-state index is 5.99. The summed E-state index contributed by atoms with van der Waals surface area (Å²) in [5.74, 6) is 0.955. The van der Waals surface area contributed by atoms with E-state index in [1.54, 1.807) is 11.3 Å². The molecule has 0 radical (unpaired) electrons. The van der Waals surface area contributed by atoms with Crippen LogP contribution in [0.4, 0.5) is 0 Å². The zero-order chi connectivity index (χ0) is 14.4. The molecule has 0 aliphatic carbocycles. The second kappa shape index (κ2) is 7.81. The zero-order valence-corrected chi connectivity index (χ0v) is 14.3. The fourth-order valence-corrected chi connectivity index (χ4v) is 3.10. The number of benzene rings is 1. The van der Waals surface area contributed by atoms with Gasteiger partial charge >= 0.3 is 0 Å². The molecule has 0 aliphatic rings. The standard InChI is InChI=1S/C16H20BrNOS/c1-12(2)18-10-14-4-3-5-15(17)16(14)19-8-6-13-7-9-20-11-13/h3-5,7,9,11-12,18H,6,8,10H2,1-2H3. The van der Waals surface area contributed by atoms with Crippen molar-refractivity contribution in [3.8, 4) is 5.75 Å². The number of thiophene rings is 1. The van der Waals surface area contributed by atoms with Gasteiger partial charge in [-0.05, 0) is 44.4 Å². The Morgan fingerprint density at radius 3 is 2.85 bits per heavy atom. The summed E-state index contributed by atoms with van der Waals surface area (Å²) in [4.78, 5) is 0. The Morgan fingerprint density at radius 2 is 2.15 bits per heavy atom. The van der Waals surface area contributed by atoms with Gasteiger partial charge in [-0.15, -0.1) is 0 Å². The van der Waals surface area contributed by atoms with Crippen LogP contribution in [0.3, 0.4) is 0 Å². The Hall–Kier alpha value is -0.840. The molecule has 1 N–H and O–H groups in total. The molecule has 0 spiro atoms. The minimum atomic E-state index is 0.465. The van der Waals surface area contributed by atoms with E-state index < -0.39 is 0 Å². The van der Waals surface area contributed by atoms with Crippen molar-refractivity contribution in [3.63, 3.8) is 0 Å². The minimum absolute atomic E-state index is 0.465. The van der Waals surface area contributed by atoms with Crippen molar-refractivity contribution in [2.45, 2.75) is 32.9 Å². The van der Waals surface area contributed by atoms with E-state index in [9.17, 15) is 0 Å². The average Bonchev–Trinajstić information content (AvgIpc) is 2.92. The SMILES string of the molecule is CC(C)NCc1cccc(Br)c1OCCc1ccsc1. The van der Waals surface area contributed by atoms with E-state index in [1.165, 1.54) is 11.1 Å². The van der Waals surface area contributed by atoms with E-state index in [-0.39, 0.29) is 0 Å². The molecule has 20 heavy (non-hydrogen) atoms.